The number of hydrogen-bond acceptors (Lipinski definition) is 4. The smallest absolute Gasteiger partial charge is 0.422 e. The summed E-state index contributed by atoms with van der Waals surface area (Å²) >= 11 is 0. The average molecular weight is 424 g/mol. The zero-order valence-electron chi connectivity index (χ0n) is 14.0. The molecular weight excluding hydrogens is 406 g/mol. The Labute approximate surface area is 166 Å². The largest absolute Gasteiger partial charge is 0.467 e. The molecule has 0 atom stereocenters. The van der Waals surface area contributed by atoms with Gasteiger partial charge in [0, 0.05) is 25.8 Å². The van der Waals surface area contributed by atoms with Crippen LogP contribution >= 0.6 is 24.8 Å². The number of alkyl halides is 3. The number of halogens is 5. The zero-order chi connectivity index (χ0) is 17.9. The summed E-state index contributed by atoms with van der Waals surface area (Å²) in [5, 5.41) is 5.92. The molecule has 0 spiro atoms. The van der Waals surface area contributed by atoms with Crippen molar-refractivity contribution >= 4 is 30.7 Å². The van der Waals surface area contributed by atoms with Crippen molar-refractivity contribution in [2.24, 2.45) is 0 Å². The summed E-state index contributed by atoms with van der Waals surface area (Å²) in [5.41, 5.74) is 3.29. The van der Waals surface area contributed by atoms with E-state index in [-0.39, 0.29) is 42.8 Å². The molecule has 3 rings (SSSR count). The maximum atomic E-state index is 12.3. The van der Waals surface area contributed by atoms with Crippen LogP contribution in [-0.2, 0) is 19.6 Å². The number of carbonyl (C=O) groups excluding carboxylic acids is 1. The van der Waals surface area contributed by atoms with E-state index >= 15 is 0 Å². The minimum Gasteiger partial charge on any atom is -0.467 e. The fourth-order valence-electron chi connectivity index (χ4n) is 2.56. The standard InChI is InChI=1S/C17H16F3N3O2.2ClH/c18-17(19,20)10-25-16-14(2-1-5-22-16)15(24)23-7-11-3-4-12-8-21-9-13(12)6-11;;/h1-6,21H,7-10H2,(H,23,24);2*1H. The number of aromatic nitrogens is 1. The third kappa shape index (κ3) is 6.27. The van der Waals surface area contributed by atoms with E-state index in [9.17, 15) is 18.0 Å². The molecule has 0 bridgehead atoms. The fraction of sp³-hybridized carbons (Fsp3) is 0.294. The Morgan fingerprint density at radius 2 is 1.93 bits per heavy atom. The molecule has 2 aromatic rings. The molecule has 1 aromatic carbocycles. The molecular formula is C17H18Cl2F3N3O2. The van der Waals surface area contributed by atoms with Crippen molar-refractivity contribution < 1.29 is 22.7 Å². The van der Waals surface area contributed by atoms with Crippen LogP contribution in [-0.4, -0.2) is 23.7 Å². The van der Waals surface area contributed by atoms with Gasteiger partial charge in [-0.05, 0) is 28.8 Å². The van der Waals surface area contributed by atoms with Crippen LogP contribution in [0.15, 0.2) is 36.5 Å². The SMILES string of the molecule is Cl.Cl.O=C(NCc1ccc2c(c1)CNC2)c1cccnc1OCC(F)(F)F. The number of carbonyl (C=O) groups is 1. The second kappa shape index (κ2) is 9.77. The topological polar surface area (TPSA) is 63.2 Å². The van der Waals surface area contributed by atoms with Crippen LogP contribution in [0.2, 0.25) is 0 Å². The number of pyridine rings is 1. The summed E-state index contributed by atoms with van der Waals surface area (Å²) in [5.74, 6) is -0.876. The van der Waals surface area contributed by atoms with Gasteiger partial charge in [0.25, 0.3) is 5.91 Å². The Morgan fingerprint density at radius 1 is 1.19 bits per heavy atom. The Bertz CT molecular complexity index is 788. The van der Waals surface area contributed by atoms with Gasteiger partial charge in [0.1, 0.15) is 5.56 Å². The van der Waals surface area contributed by atoms with Gasteiger partial charge in [-0.3, -0.25) is 4.79 Å². The lowest BCUT2D eigenvalue weighted by molar-refractivity contribution is -0.154. The monoisotopic (exact) mass is 423 g/mol. The van der Waals surface area contributed by atoms with Crippen molar-refractivity contribution in [3.05, 3.63) is 58.8 Å². The lowest BCUT2D eigenvalue weighted by Gasteiger charge is -2.12. The lowest BCUT2D eigenvalue weighted by Crippen LogP contribution is -2.25. The highest BCUT2D eigenvalue weighted by molar-refractivity contribution is 5.96. The van der Waals surface area contributed by atoms with E-state index in [0.717, 1.165) is 18.7 Å². The maximum absolute atomic E-state index is 12.3. The van der Waals surface area contributed by atoms with Crippen molar-refractivity contribution in [2.75, 3.05) is 6.61 Å². The summed E-state index contributed by atoms with van der Waals surface area (Å²) in [6.07, 6.45) is -3.22. The number of amides is 1. The first-order valence-corrected chi connectivity index (χ1v) is 7.66. The predicted octanol–water partition coefficient (Wildman–Crippen LogP) is 3.40. The van der Waals surface area contributed by atoms with Crippen molar-refractivity contribution in [3.63, 3.8) is 0 Å². The summed E-state index contributed by atoms with van der Waals surface area (Å²) in [6, 6.07) is 8.76. The molecule has 1 aliphatic rings. The molecule has 148 valence electrons. The zero-order valence-corrected chi connectivity index (χ0v) is 15.6. The van der Waals surface area contributed by atoms with Crippen LogP contribution in [0.5, 0.6) is 5.88 Å². The molecule has 0 fully saturated rings. The number of nitrogens with zero attached hydrogens (tertiary/aromatic N) is 1. The second-order valence-corrected chi connectivity index (χ2v) is 5.65. The normalized spacial score (nSPS) is 12.4. The van der Waals surface area contributed by atoms with Gasteiger partial charge in [-0.2, -0.15) is 13.2 Å². The summed E-state index contributed by atoms with van der Waals surface area (Å²) < 4.78 is 41.5. The first kappa shape index (κ1) is 23.0. The van der Waals surface area contributed by atoms with Gasteiger partial charge >= 0.3 is 6.18 Å². The molecule has 1 aromatic heterocycles. The molecule has 2 N–H and O–H groups in total. The van der Waals surface area contributed by atoms with E-state index in [4.69, 9.17) is 0 Å². The van der Waals surface area contributed by atoms with Gasteiger partial charge in [0.05, 0.1) is 0 Å². The maximum Gasteiger partial charge on any atom is 0.422 e. The quantitative estimate of drug-likeness (QED) is 0.773. The first-order chi connectivity index (χ1) is 11.9. The minimum absolute atomic E-state index is 0. The number of rotatable bonds is 5. The molecule has 0 aliphatic carbocycles. The van der Waals surface area contributed by atoms with Crippen LogP contribution in [0.25, 0.3) is 0 Å². The van der Waals surface area contributed by atoms with Crippen LogP contribution in [0.1, 0.15) is 27.0 Å². The highest BCUT2D eigenvalue weighted by Crippen LogP contribution is 2.20. The van der Waals surface area contributed by atoms with E-state index in [0.29, 0.717) is 0 Å². The molecule has 10 heteroatoms. The summed E-state index contributed by atoms with van der Waals surface area (Å²) in [6.45, 7) is 0.383. The second-order valence-electron chi connectivity index (χ2n) is 5.65. The highest BCUT2D eigenvalue weighted by Gasteiger charge is 2.29. The Morgan fingerprint density at radius 3 is 2.67 bits per heavy atom. The van der Waals surface area contributed by atoms with Gasteiger partial charge in [-0.25, -0.2) is 4.98 Å². The van der Waals surface area contributed by atoms with E-state index in [1.165, 1.54) is 29.5 Å². The predicted molar refractivity (Wildman–Crippen MR) is 98.4 cm³/mol. The molecule has 1 aliphatic heterocycles. The Balaban J connectivity index is 0.00000182. The minimum atomic E-state index is -4.50. The highest BCUT2D eigenvalue weighted by atomic mass is 35.5. The Hall–Kier alpha value is -2.03. The molecule has 0 radical (unpaired) electrons. The van der Waals surface area contributed by atoms with Crippen LogP contribution < -0.4 is 15.4 Å². The number of nitrogens with one attached hydrogen (secondary N) is 2. The van der Waals surface area contributed by atoms with Crippen molar-refractivity contribution in [1.29, 1.82) is 0 Å². The van der Waals surface area contributed by atoms with E-state index in [1.807, 2.05) is 18.2 Å². The van der Waals surface area contributed by atoms with Gasteiger partial charge in [-0.1, -0.05) is 18.2 Å². The molecule has 0 saturated carbocycles. The molecule has 27 heavy (non-hydrogen) atoms. The fourth-order valence-corrected chi connectivity index (χ4v) is 2.56. The van der Waals surface area contributed by atoms with Gasteiger partial charge in [0.15, 0.2) is 6.61 Å². The number of hydrogen-bond donors (Lipinski definition) is 2. The molecule has 5 nitrogen and oxygen atoms in total. The van der Waals surface area contributed by atoms with Gasteiger partial charge in [0.2, 0.25) is 5.88 Å². The van der Waals surface area contributed by atoms with Gasteiger partial charge in [-0.15, -0.1) is 24.8 Å². The number of benzene rings is 1. The van der Waals surface area contributed by atoms with E-state index < -0.39 is 18.7 Å². The first-order valence-electron chi connectivity index (χ1n) is 7.66. The van der Waals surface area contributed by atoms with Crippen molar-refractivity contribution in [1.82, 2.24) is 15.6 Å². The van der Waals surface area contributed by atoms with Crippen molar-refractivity contribution in [3.8, 4) is 5.88 Å². The third-order valence-corrected chi connectivity index (χ3v) is 3.74. The lowest BCUT2D eigenvalue weighted by atomic mass is 10.1. The summed E-state index contributed by atoms with van der Waals surface area (Å²) in [7, 11) is 0. The van der Waals surface area contributed by atoms with Crippen LogP contribution in [0, 0.1) is 0 Å². The van der Waals surface area contributed by atoms with Crippen molar-refractivity contribution in [2.45, 2.75) is 25.8 Å². The number of fused-ring (bicyclic) bond motifs is 1. The van der Waals surface area contributed by atoms with Crippen LogP contribution in [0.4, 0.5) is 13.2 Å². The molecule has 0 unspecified atom stereocenters. The third-order valence-electron chi connectivity index (χ3n) is 3.74. The number of ether oxygens (including phenoxy) is 1. The van der Waals surface area contributed by atoms with E-state index in [1.54, 1.807) is 0 Å². The average Bonchev–Trinajstić information content (AvgIpc) is 3.05. The van der Waals surface area contributed by atoms with Gasteiger partial charge < -0.3 is 15.4 Å². The Kier molecular flexibility index (Phi) is 8.33. The van der Waals surface area contributed by atoms with E-state index in [2.05, 4.69) is 20.4 Å². The molecule has 2 heterocycles. The molecule has 0 saturated heterocycles. The molecule has 1 amide bonds. The van der Waals surface area contributed by atoms with Crippen LogP contribution in [0.3, 0.4) is 0 Å². The summed E-state index contributed by atoms with van der Waals surface area (Å²) in [4.78, 5) is 16.0.